The highest BCUT2D eigenvalue weighted by molar-refractivity contribution is 6.30. The van der Waals surface area contributed by atoms with Gasteiger partial charge in [-0.1, -0.05) is 23.7 Å². The lowest BCUT2D eigenvalue weighted by atomic mass is 10.2. The third kappa shape index (κ3) is 6.10. The number of hydrogen-bond donors (Lipinski definition) is 1. The van der Waals surface area contributed by atoms with Crippen LogP contribution in [0.3, 0.4) is 0 Å². The summed E-state index contributed by atoms with van der Waals surface area (Å²) in [5.74, 6) is -1.31. The van der Waals surface area contributed by atoms with Gasteiger partial charge < -0.3 is 10.2 Å². The molecule has 2 aromatic rings. The number of carbonyl (C=O) groups excluding carboxylic acids is 2. The Hall–Kier alpha value is -2.77. The second-order valence-corrected chi connectivity index (χ2v) is 7.07. The third-order valence-electron chi connectivity index (χ3n) is 4.52. The second kappa shape index (κ2) is 9.62. The molecule has 0 aromatic heterocycles. The van der Waals surface area contributed by atoms with Crippen molar-refractivity contribution in [1.29, 1.82) is 0 Å². The van der Waals surface area contributed by atoms with Crippen LogP contribution in [-0.2, 0) is 9.59 Å². The van der Waals surface area contributed by atoms with E-state index in [0.717, 1.165) is 0 Å². The molecule has 0 aliphatic carbocycles. The summed E-state index contributed by atoms with van der Waals surface area (Å²) in [4.78, 5) is 28.1. The van der Waals surface area contributed by atoms with Crippen LogP contribution in [0, 0.1) is 11.6 Å². The first-order valence-corrected chi connectivity index (χ1v) is 9.48. The SMILES string of the molecule is O=C(CN1CCN(C(=O)C=Cc2ccc(F)c(Cl)c2)CC1)Nc1cccc(F)c1. The van der Waals surface area contributed by atoms with Crippen molar-refractivity contribution >= 4 is 35.2 Å². The Balaban J connectivity index is 1.45. The van der Waals surface area contributed by atoms with Crippen LogP contribution >= 0.6 is 11.6 Å². The Morgan fingerprint density at radius 3 is 2.52 bits per heavy atom. The largest absolute Gasteiger partial charge is 0.337 e. The Kier molecular flexibility index (Phi) is 6.95. The fourth-order valence-corrected chi connectivity index (χ4v) is 3.17. The zero-order valence-electron chi connectivity index (χ0n) is 15.6. The van der Waals surface area contributed by atoms with Gasteiger partial charge in [-0.2, -0.15) is 0 Å². The van der Waals surface area contributed by atoms with E-state index in [4.69, 9.17) is 11.6 Å². The van der Waals surface area contributed by atoms with Crippen LogP contribution in [0.15, 0.2) is 48.5 Å². The molecular weight excluding hydrogens is 400 g/mol. The monoisotopic (exact) mass is 419 g/mol. The molecule has 1 aliphatic rings. The number of nitrogens with zero attached hydrogens (tertiary/aromatic N) is 2. The summed E-state index contributed by atoms with van der Waals surface area (Å²) in [7, 11) is 0. The lowest BCUT2D eigenvalue weighted by Gasteiger charge is -2.33. The molecule has 8 heteroatoms. The Bertz CT molecular complexity index is 928. The van der Waals surface area contributed by atoms with E-state index in [1.54, 1.807) is 23.1 Å². The lowest BCUT2D eigenvalue weighted by molar-refractivity contribution is -0.127. The molecule has 1 saturated heterocycles. The Morgan fingerprint density at radius 1 is 1.07 bits per heavy atom. The van der Waals surface area contributed by atoms with Crippen molar-refractivity contribution < 1.29 is 18.4 Å². The van der Waals surface area contributed by atoms with Gasteiger partial charge in [-0.25, -0.2) is 8.78 Å². The average molecular weight is 420 g/mol. The van der Waals surface area contributed by atoms with E-state index in [1.165, 1.54) is 36.4 Å². The van der Waals surface area contributed by atoms with E-state index >= 15 is 0 Å². The van der Waals surface area contributed by atoms with Crippen molar-refractivity contribution in [2.75, 3.05) is 38.0 Å². The first kappa shape index (κ1) is 21.0. The maximum atomic E-state index is 13.2. The van der Waals surface area contributed by atoms with Gasteiger partial charge in [-0.3, -0.25) is 14.5 Å². The van der Waals surface area contributed by atoms with Crippen LogP contribution in [-0.4, -0.2) is 54.3 Å². The number of carbonyl (C=O) groups is 2. The van der Waals surface area contributed by atoms with E-state index in [0.29, 0.717) is 37.4 Å². The fourth-order valence-electron chi connectivity index (χ4n) is 2.99. The van der Waals surface area contributed by atoms with E-state index in [1.807, 2.05) is 4.90 Å². The molecule has 0 atom stereocenters. The predicted molar refractivity (Wildman–Crippen MR) is 108 cm³/mol. The molecule has 0 spiro atoms. The average Bonchev–Trinajstić information content (AvgIpc) is 2.69. The van der Waals surface area contributed by atoms with Crippen molar-refractivity contribution in [3.63, 3.8) is 0 Å². The molecule has 0 bridgehead atoms. The van der Waals surface area contributed by atoms with E-state index < -0.39 is 11.6 Å². The highest BCUT2D eigenvalue weighted by atomic mass is 35.5. The third-order valence-corrected chi connectivity index (χ3v) is 4.81. The lowest BCUT2D eigenvalue weighted by Crippen LogP contribution is -2.50. The molecule has 2 amide bonds. The van der Waals surface area contributed by atoms with Gasteiger partial charge in [0.1, 0.15) is 11.6 Å². The van der Waals surface area contributed by atoms with Crippen LogP contribution < -0.4 is 5.32 Å². The van der Waals surface area contributed by atoms with E-state index in [2.05, 4.69) is 5.32 Å². The summed E-state index contributed by atoms with van der Waals surface area (Å²) in [6.45, 7) is 2.25. The van der Waals surface area contributed by atoms with Crippen LogP contribution in [0.2, 0.25) is 5.02 Å². The minimum atomic E-state index is -0.507. The molecule has 29 heavy (non-hydrogen) atoms. The van der Waals surface area contributed by atoms with Crippen molar-refractivity contribution in [2.24, 2.45) is 0 Å². The van der Waals surface area contributed by atoms with Crippen molar-refractivity contribution in [2.45, 2.75) is 0 Å². The second-order valence-electron chi connectivity index (χ2n) is 6.67. The number of halogens is 3. The molecular formula is C21H20ClF2N3O2. The van der Waals surface area contributed by atoms with Crippen LogP contribution in [0.4, 0.5) is 14.5 Å². The molecule has 0 radical (unpaired) electrons. The van der Waals surface area contributed by atoms with Gasteiger partial charge in [0.2, 0.25) is 11.8 Å². The molecule has 152 valence electrons. The van der Waals surface area contributed by atoms with Crippen LogP contribution in [0.25, 0.3) is 6.08 Å². The summed E-state index contributed by atoms with van der Waals surface area (Å²) < 4.78 is 26.3. The topological polar surface area (TPSA) is 52.7 Å². The van der Waals surface area contributed by atoms with Crippen molar-refractivity contribution in [3.8, 4) is 0 Å². The van der Waals surface area contributed by atoms with Crippen molar-refractivity contribution in [1.82, 2.24) is 9.80 Å². The molecule has 5 nitrogen and oxygen atoms in total. The number of amides is 2. The number of rotatable bonds is 5. The maximum absolute atomic E-state index is 13.2. The highest BCUT2D eigenvalue weighted by Gasteiger charge is 2.21. The summed E-state index contributed by atoms with van der Waals surface area (Å²) in [6, 6.07) is 9.97. The van der Waals surface area contributed by atoms with E-state index in [-0.39, 0.29) is 23.4 Å². The maximum Gasteiger partial charge on any atom is 0.246 e. The number of piperazine rings is 1. The van der Waals surface area contributed by atoms with Crippen molar-refractivity contribution in [3.05, 3.63) is 70.8 Å². The molecule has 0 unspecified atom stereocenters. The minimum Gasteiger partial charge on any atom is -0.337 e. The quantitative estimate of drug-likeness (QED) is 0.756. The summed E-state index contributed by atoms with van der Waals surface area (Å²) in [6.07, 6.45) is 3.02. The van der Waals surface area contributed by atoms with Crippen LogP contribution in [0.5, 0.6) is 0 Å². The standard InChI is InChI=1S/C21H20ClF2N3O2/c22-18-12-15(4-6-19(18)24)5-7-21(29)27-10-8-26(9-11-27)14-20(28)25-17-3-1-2-16(23)13-17/h1-7,12-13H,8-11,14H2,(H,25,28). The summed E-state index contributed by atoms with van der Waals surface area (Å²) >= 11 is 5.73. The predicted octanol–water partition coefficient (Wildman–Crippen LogP) is 3.41. The smallest absolute Gasteiger partial charge is 0.246 e. The minimum absolute atomic E-state index is 0.00438. The molecule has 1 heterocycles. The number of anilines is 1. The van der Waals surface area contributed by atoms with Gasteiger partial charge in [0.05, 0.1) is 11.6 Å². The Morgan fingerprint density at radius 2 is 1.83 bits per heavy atom. The molecule has 3 rings (SSSR count). The van der Waals surface area contributed by atoms with Gasteiger partial charge in [-0.15, -0.1) is 0 Å². The number of hydrogen-bond acceptors (Lipinski definition) is 3. The molecule has 1 fully saturated rings. The molecule has 2 aromatic carbocycles. The van der Waals surface area contributed by atoms with Gasteiger partial charge >= 0.3 is 0 Å². The van der Waals surface area contributed by atoms with Crippen LogP contribution in [0.1, 0.15) is 5.56 Å². The summed E-state index contributed by atoms with van der Waals surface area (Å²) in [5.41, 5.74) is 1.05. The zero-order chi connectivity index (χ0) is 20.8. The van der Waals surface area contributed by atoms with E-state index in [9.17, 15) is 18.4 Å². The number of nitrogens with one attached hydrogen (secondary N) is 1. The first-order valence-electron chi connectivity index (χ1n) is 9.10. The Labute approximate surface area is 172 Å². The van der Waals surface area contributed by atoms with Gasteiger partial charge in [0, 0.05) is 37.9 Å². The van der Waals surface area contributed by atoms with Gasteiger partial charge in [0.25, 0.3) is 0 Å². The zero-order valence-corrected chi connectivity index (χ0v) is 16.3. The fraction of sp³-hybridized carbons (Fsp3) is 0.238. The van der Waals surface area contributed by atoms with Gasteiger partial charge in [-0.05, 0) is 42.0 Å². The highest BCUT2D eigenvalue weighted by Crippen LogP contribution is 2.17. The molecule has 1 aliphatic heterocycles. The molecule has 0 saturated carbocycles. The first-order chi connectivity index (χ1) is 13.9. The number of benzene rings is 2. The normalized spacial score (nSPS) is 14.9. The summed E-state index contributed by atoms with van der Waals surface area (Å²) in [5, 5.41) is 2.67. The molecule has 1 N–H and O–H groups in total. The van der Waals surface area contributed by atoms with Gasteiger partial charge in [0.15, 0.2) is 0 Å².